The van der Waals surface area contributed by atoms with Crippen molar-refractivity contribution >= 4 is 11.6 Å². The minimum Gasteiger partial charge on any atom is -0.350 e. The van der Waals surface area contributed by atoms with Gasteiger partial charge >= 0.3 is 5.69 Å². The molecule has 0 aliphatic carbocycles. The average molecular weight is 292 g/mol. The van der Waals surface area contributed by atoms with Crippen LogP contribution in [0.25, 0.3) is 0 Å². The van der Waals surface area contributed by atoms with Gasteiger partial charge in [0.15, 0.2) is 0 Å². The number of rotatable bonds is 5. The fourth-order valence-corrected chi connectivity index (χ4v) is 1.78. The van der Waals surface area contributed by atoms with E-state index < -0.39 is 10.5 Å². The van der Waals surface area contributed by atoms with Crippen LogP contribution in [0.15, 0.2) is 24.8 Å². The van der Waals surface area contributed by atoms with Crippen LogP contribution in [-0.2, 0) is 23.9 Å². The van der Waals surface area contributed by atoms with E-state index in [1.165, 1.54) is 10.9 Å². The zero-order valence-electron chi connectivity index (χ0n) is 12.0. The largest absolute Gasteiger partial charge is 0.350 e. The number of hydrogen-bond acceptors (Lipinski definition) is 5. The maximum absolute atomic E-state index is 12.3. The molecule has 2 heterocycles. The van der Waals surface area contributed by atoms with E-state index in [2.05, 4.69) is 15.5 Å². The highest BCUT2D eigenvalue weighted by molar-refractivity contribution is 5.83. The highest BCUT2D eigenvalue weighted by atomic mass is 16.6. The van der Waals surface area contributed by atoms with Crippen LogP contribution in [0.4, 0.5) is 5.69 Å². The third-order valence-corrected chi connectivity index (χ3v) is 3.12. The van der Waals surface area contributed by atoms with Crippen LogP contribution in [0.1, 0.15) is 19.4 Å². The first-order chi connectivity index (χ1) is 9.80. The van der Waals surface area contributed by atoms with Gasteiger partial charge in [0.05, 0.1) is 11.1 Å². The normalized spacial score (nSPS) is 11.4. The molecule has 21 heavy (non-hydrogen) atoms. The van der Waals surface area contributed by atoms with Crippen LogP contribution < -0.4 is 5.32 Å². The van der Waals surface area contributed by atoms with Gasteiger partial charge in [-0.05, 0) is 13.8 Å². The maximum atomic E-state index is 12.3. The molecule has 9 heteroatoms. The summed E-state index contributed by atoms with van der Waals surface area (Å²) in [5.41, 5.74) is -0.313. The van der Waals surface area contributed by atoms with Crippen LogP contribution in [0.2, 0.25) is 0 Å². The van der Waals surface area contributed by atoms with Gasteiger partial charge in [0.1, 0.15) is 17.9 Å². The summed E-state index contributed by atoms with van der Waals surface area (Å²) in [6.07, 6.45) is 5.82. The molecule has 0 aliphatic heterocycles. The Balaban J connectivity index is 2.06. The number of amides is 1. The summed E-state index contributed by atoms with van der Waals surface area (Å²) < 4.78 is 2.92. The van der Waals surface area contributed by atoms with Crippen LogP contribution in [0.5, 0.6) is 0 Å². The number of carbonyl (C=O) groups is 1. The Morgan fingerprint density at radius 1 is 1.38 bits per heavy atom. The number of aryl methyl sites for hydroxylation is 1. The van der Waals surface area contributed by atoms with Gasteiger partial charge in [0.2, 0.25) is 5.91 Å². The summed E-state index contributed by atoms with van der Waals surface area (Å²) in [7, 11) is 1.79. The topological polar surface area (TPSA) is 108 Å². The molecular formula is C12H16N6O3. The van der Waals surface area contributed by atoms with Gasteiger partial charge in [-0.1, -0.05) is 0 Å². The Labute approximate surface area is 120 Å². The zero-order valence-corrected chi connectivity index (χ0v) is 12.0. The van der Waals surface area contributed by atoms with E-state index in [-0.39, 0.29) is 11.6 Å². The highest BCUT2D eigenvalue weighted by Gasteiger charge is 2.31. The number of nitrogens with one attached hydrogen (secondary N) is 1. The summed E-state index contributed by atoms with van der Waals surface area (Å²) in [5, 5.41) is 21.3. The van der Waals surface area contributed by atoms with Crippen molar-refractivity contribution in [2.45, 2.75) is 25.9 Å². The van der Waals surface area contributed by atoms with Crippen LogP contribution >= 0.6 is 0 Å². The second-order valence-electron chi connectivity index (χ2n) is 5.16. The first-order valence-corrected chi connectivity index (χ1v) is 6.26. The van der Waals surface area contributed by atoms with Crippen molar-refractivity contribution in [2.24, 2.45) is 7.05 Å². The third-order valence-electron chi connectivity index (χ3n) is 3.12. The van der Waals surface area contributed by atoms with Crippen molar-refractivity contribution in [3.05, 3.63) is 40.5 Å². The van der Waals surface area contributed by atoms with Crippen molar-refractivity contribution in [3.63, 3.8) is 0 Å². The average Bonchev–Trinajstić information content (AvgIpc) is 3.04. The fraction of sp³-hybridized carbons (Fsp3) is 0.417. The molecule has 9 nitrogen and oxygen atoms in total. The van der Waals surface area contributed by atoms with Gasteiger partial charge in [-0.2, -0.15) is 10.2 Å². The van der Waals surface area contributed by atoms with E-state index in [9.17, 15) is 14.9 Å². The van der Waals surface area contributed by atoms with Crippen molar-refractivity contribution in [2.75, 3.05) is 0 Å². The minimum absolute atomic E-state index is 0.150. The summed E-state index contributed by atoms with van der Waals surface area (Å²) in [5.74, 6) is -0.288. The monoisotopic (exact) mass is 292 g/mol. The van der Waals surface area contributed by atoms with Crippen molar-refractivity contribution in [1.29, 1.82) is 0 Å². The molecule has 0 aromatic carbocycles. The van der Waals surface area contributed by atoms with E-state index in [4.69, 9.17) is 0 Å². The highest BCUT2D eigenvalue weighted by Crippen LogP contribution is 2.18. The number of aromatic nitrogens is 4. The smallest absolute Gasteiger partial charge is 0.307 e. The van der Waals surface area contributed by atoms with Gasteiger partial charge in [-0.3, -0.25) is 24.3 Å². The Hall–Kier alpha value is -2.71. The second-order valence-corrected chi connectivity index (χ2v) is 5.16. The summed E-state index contributed by atoms with van der Waals surface area (Å²) in [4.78, 5) is 22.4. The van der Waals surface area contributed by atoms with Crippen molar-refractivity contribution in [3.8, 4) is 0 Å². The van der Waals surface area contributed by atoms with Gasteiger partial charge in [0, 0.05) is 25.4 Å². The second kappa shape index (κ2) is 5.35. The van der Waals surface area contributed by atoms with Crippen LogP contribution in [0, 0.1) is 10.1 Å². The predicted octanol–water partition coefficient (Wildman–Crippen LogP) is 0.576. The first kappa shape index (κ1) is 14.7. The van der Waals surface area contributed by atoms with E-state index >= 15 is 0 Å². The third kappa shape index (κ3) is 3.07. The molecule has 0 saturated heterocycles. The minimum atomic E-state index is -1.03. The number of nitrogens with zero attached hydrogens (tertiary/aromatic N) is 5. The lowest BCUT2D eigenvalue weighted by molar-refractivity contribution is -0.385. The van der Waals surface area contributed by atoms with E-state index in [1.807, 2.05) is 0 Å². The van der Waals surface area contributed by atoms with Crippen molar-refractivity contribution in [1.82, 2.24) is 24.9 Å². The SMILES string of the molecule is Cn1cc(CNC(=O)C(C)(C)n2cc([N+](=O)[O-])cn2)cn1. The number of carbonyl (C=O) groups excluding carboxylic acids is 1. The summed E-state index contributed by atoms with van der Waals surface area (Å²) in [6, 6.07) is 0. The van der Waals surface area contributed by atoms with Gasteiger partial charge < -0.3 is 5.32 Å². The van der Waals surface area contributed by atoms with E-state index in [0.29, 0.717) is 6.54 Å². The molecule has 0 radical (unpaired) electrons. The molecular weight excluding hydrogens is 276 g/mol. The molecule has 2 aromatic rings. The molecule has 2 rings (SSSR count). The molecule has 0 fully saturated rings. The predicted molar refractivity (Wildman–Crippen MR) is 73.3 cm³/mol. The van der Waals surface area contributed by atoms with E-state index in [0.717, 1.165) is 11.8 Å². The Morgan fingerprint density at radius 2 is 2.10 bits per heavy atom. The Morgan fingerprint density at radius 3 is 2.62 bits per heavy atom. The number of hydrogen-bond donors (Lipinski definition) is 1. The summed E-state index contributed by atoms with van der Waals surface area (Å²) >= 11 is 0. The summed E-state index contributed by atoms with van der Waals surface area (Å²) in [6.45, 7) is 3.62. The van der Waals surface area contributed by atoms with E-state index in [1.54, 1.807) is 38.0 Å². The Bertz CT molecular complexity index is 672. The first-order valence-electron chi connectivity index (χ1n) is 6.26. The zero-order chi connectivity index (χ0) is 15.6. The van der Waals surface area contributed by atoms with Crippen LogP contribution in [0.3, 0.4) is 0 Å². The molecule has 0 unspecified atom stereocenters. The molecule has 2 aromatic heterocycles. The molecule has 0 aliphatic rings. The Kier molecular flexibility index (Phi) is 3.74. The molecule has 1 N–H and O–H groups in total. The molecule has 0 saturated carbocycles. The molecule has 0 bridgehead atoms. The van der Waals surface area contributed by atoms with Crippen molar-refractivity contribution < 1.29 is 9.72 Å². The molecule has 1 amide bonds. The molecule has 0 atom stereocenters. The lowest BCUT2D eigenvalue weighted by Gasteiger charge is -2.23. The fourth-order valence-electron chi connectivity index (χ4n) is 1.78. The standard InChI is InChI=1S/C12H16N6O3/c1-12(2,17-8-10(6-15-17)18(20)21)11(19)13-4-9-5-14-16(3)7-9/h5-8H,4H2,1-3H3,(H,13,19). The van der Waals surface area contributed by atoms with Gasteiger partial charge in [0.25, 0.3) is 0 Å². The lowest BCUT2D eigenvalue weighted by atomic mass is 10.1. The molecule has 112 valence electrons. The lowest BCUT2D eigenvalue weighted by Crippen LogP contribution is -2.44. The number of nitro groups is 1. The maximum Gasteiger partial charge on any atom is 0.307 e. The van der Waals surface area contributed by atoms with Crippen LogP contribution in [-0.4, -0.2) is 30.4 Å². The quantitative estimate of drug-likeness (QED) is 0.640. The van der Waals surface area contributed by atoms with Gasteiger partial charge in [-0.25, -0.2) is 0 Å². The van der Waals surface area contributed by atoms with Gasteiger partial charge in [-0.15, -0.1) is 0 Å². The molecule has 0 spiro atoms.